The minimum absolute atomic E-state index is 0.182. The third kappa shape index (κ3) is 2.48. The molecule has 0 saturated heterocycles. The fraction of sp³-hybridized carbons (Fsp3) is 0.308. The summed E-state index contributed by atoms with van der Waals surface area (Å²) in [5.41, 5.74) is 8.58. The quantitative estimate of drug-likeness (QED) is 0.844. The first-order chi connectivity index (χ1) is 9.06. The maximum Gasteiger partial charge on any atom is 0.337 e. The van der Waals surface area contributed by atoms with Crippen molar-refractivity contribution in [3.8, 4) is 11.4 Å². The van der Waals surface area contributed by atoms with E-state index in [1.54, 1.807) is 12.1 Å². The molecule has 0 bridgehead atoms. The van der Waals surface area contributed by atoms with Crippen LogP contribution in [0.5, 0.6) is 0 Å². The predicted molar refractivity (Wildman–Crippen MR) is 68.4 cm³/mol. The summed E-state index contributed by atoms with van der Waals surface area (Å²) >= 11 is 0. The van der Waals surface area contributed by atoms with Gasteiger partial charge >= 0.3 is 5.97 Å². The minimum Gasteiger partial charge on any atom is -0.465 e. The first-order valence-corrected chi connectivity index (χ1v) is 5.79. The molecule has 1 aromatic heterocycles. The molecule has 0 atom stereocenters. The Hall–Kier alpha value is -2.21. The number of benzene rings is 1. The van der Waals surface area contributed by atoms with Gasteiger partial charge in [-0.1, -0.05) is 5.16 Å². The third-order valence-electron chi connectivity index (χ3n) is 2.97. The topological polar surface area (TPSA) is 91.2 Å². The zero-order chi connectivity index (χ0) is 14.0. The van der Waals surface area contributed by atoms with Crippen molar-refractivity contribution in [3.05, 3.63) is 34.7 Å². The highest BCUT2D eigenvalue weighted by atomic mass is 16.5. The molecule has 2 rings (SSSR count). The summed E-state index contributed by atoms with van der Waals surface area (Å²) in [6.07, 6.45) is 0. The van der Waals surface area contributed by atoms with Gasteiger partial charge in [0, 0.05) is 5.56 Å². The maximum absolute atomic E-state index is 11.6. The molecule has 6 nitrogen and oxygen atoms in total. The Morgan fingerprint density at radius 3 is 2.74 bits per heavy atom. The van der Waals surface area contributed by atoms with E-state index in [4.69, 9.17) is 15.0 Å². The summed E-state index contributed by atoms with van der Waals surface area (Å²) in [5, 5.41) is 3.87. The average Bonchev–Trinajstić information content (AvgIpc) is 2.89. The lowest BCUT2D eigenvalue weighted by Gasteiger charge is -2.08. The average molecular weight is 261 g/mol. The van der Waals surface area contributed by atoms with Gasteiger partial charge in [-0.2, -0.15) is 4.98 Å². The molecule has 2 aromatic rings. The van der Waals surface area contributed by atoms with Crippen LogP contribution in [-0.4, -0.2) is 23.2 Å². The van der Waals surface area contributed by atoms with Crippen molar-refractivity contribution in [2.45, 2.75) is 20.4 Å². The molecule has 0 saturated carbocycles. The molecular formula is C13H15N3O3. The molecule has 0 radical (unpaired) electrons. The second kappa shape index (κ2) is 5.19. The smallest absolute Gasteiger partial charge is 0.337 e. The molecule has 0 unspecified atom stereocenters. The molecule has 100 valence electrons. The number of carbonyl (C=O) groups is 1. The van der Waals surface area contributed by atoms with Gasteiger partial charge in [-0.25, -0.2) is 4.79 Å². The largest absolute Gasteiger partial charge is 0.465 e. The fourth-order valence-corrected chi connectivity index (χ4v) is 1.77. The maximum atomic E-state index is 11.6. The Bertz CT molecular complexity index is 620. The van der Waals surface area contributed by atoms with Crippen molar-refractivity contribution in [1.82, 2.24) is 10.1 Å². The predicted octanol–water partition coefficient (Wildman–Crippen LogP) is 1.60. The highest BCUT2D eigenvalue weighted by Gasteiger charge is 2.15. The molecule has 0 aliphatic carbocycles. The summed E-state index contributed by atoms with van der Waals surface area (Å²) < 4.78 is 9.71. The Morgan fingerprint density at radius 2 is 2.16 bits per heavy atom. The third-order valence-corrected chi connectivity index (χ3v) is 2.97. The van der Waals surface area contributed by atoms with Crippen molar-refractivity contribution in [2.24, 2.45) is 5.73 Å². The Labute approximate surface area is 110 Å². The Morgan fingerprint density at radius 1 is 1.42 bits per heavy atom. The number of hydrogen-bond acceptors (Lipinski definition) is 6. The van der Waals surface area contributed by atoms with Crippen molar-refractivity contribution < 1.29 is 14.1 Å². The van der Waals surface area contributed by atoms with Crippen molar-refractivity contribution in [2.75, 3.05) is 7.11 Å². The van der Waals surface area contributed by atoms with Crippen LogP contribution < -0.4 is 5.73 Å². The van der Waals surface area contributed by atoms with Gasteiger partial charge in [0.2, 0.25) is 11.7 Å². The van der Waals surface area contributed by atoms with Crippen molar-refractivity contribution >= 4 is 5.97 Å². The van der Waals surface area contributed by atoms with Gasteiger partial charge < -0.3 is 15.0 Å². The van der Waals surface area contributed by atoms with Crippen LogP contribution in [0, 0.1) is 13.8 Å². The molecule has 0 amide bonds. The molecule has 0 aliphatic rings. The van der Waals surface area contributed by atoms with Crippen molar-refractivity contribution in [3.63, 3.8) is 0 Å². The zero-order valence-electron chi connectivity index (χ0n) is 11.1. The second-order valence-electron chi connectivity index (χ2n) is 4.17. The van der Waals surface area contributed by atoms with Crippen LogP contribution in [0.15, 0.2) is 16.7 Å². The summed E-state index contributed by atoms with van der Waals surface area (Å²) in [4.78, 5) is 15.8. The standard InChI is InChI=1S/C13H15N3O3/c1-7-4-9(13(17)18-3)5-10(8(7)2)12-15-11(6-14)19-16-12/h4-5H,6,14H2,1-3H3. The van der Waals surface area contributed by atoms with Crippen LogP contribution >= 0.6 is 0 Å². The number of esters is 1. The summed E-state index contributed by atoms with van der Waals surface area (Å²) in [6, 6.07) is 3.47. The number of nitrogens with two attached hydrogens (primary N) is 1. The van der Waals surface area contributed by atoms with Crippen LogP contribution in [-0.2, 0) is 11.3 Å². The van der Waals surface area contributed by atoms with E-state index in [9.17, 15) is 4.79 Å². The normalized spacial score (nSPS) is 10.5. The SMILES string of the molecule is COC(=O)c1cc(C)c(C)c(-c2noc(CN)n2)c1. The summed E-state index contributed by atoms with van der Waals surface area (Å²) in [6.45, 7) is 4.03. The highest BCUT2D eigenvalue weighted by Crippen LogP contribution is 2.25. The fourth-order valence-electron chi connectivity index (χ4n) is 1.77. The summed E-state index contributed by atoms with van der Waals surface area (Å²) in [5.74, 6) is 0.384. The highest BCUT2D eigenvalue weighted by molar-refractivity contribution is 5.91. The van der Waals surface area contributed by atoms with Crippen LogP contribution in [0.3, 0.4) is 0 Å². The zero-order valence-corrected chi connectivity index (χ0v) is 11.1. The molecule has 1 aromatic carbocycles. The van der Waals surface area contributed by atoms with Gasteiger partial charge in [0.05, 0.1) is 19.2 Å². The number of ether oxygens (including phenoxy) is 1. The number of nitrogens with zero attached hydrogens (tertiary/aromatic N) is 2. The van der Waals surface area contributed by atoms with E-state index >= 15 is 0 Å². The van der Waals surface area contributed by atoms with E-state index in [1.165, 1.54) is 7.11 Å². The first kappa shape index (κ1) is 13.2. The number of carbonyl (C=O) groups excluding carboxylic acids is 1. The van der Waals surface area contributed by atoms with Gasteiger partial charge in [-0.3, -0.25) is 0 Å². The number of aryl methyl sites for hydroxylation is 1. The van der Waals surface area contributed by atoms with E-state index in [0.29, 0.717) is 17.3 Å². The van der Waals surface area contributed by atoms with Crippen molar-refractivity contribution in [1.29, 1.82) is 0 Å². The Kier molecular flexibility index (Phi) is 3.62. The number of rotatable bonds is 3. The number of hydrogen-bond donors (Lipinski definition) is 1. The summed E-state index contributed by atoms with van der Waals surface area (Å²) in [7, 11) is 1.35. The lowest BCUT2D eigenvalue weighted by molar-refractivity contribution is 0.0600. The van der Waals surface area contributed by atoms with Crippen LogP contribution in [0.25, 0.3) is 11.4 Å². The molecule has 19 heavy (non-hydrogen) atoms. The van der Waals surface area contributed by atoms with Gasteiger partial charge in [0.25, 0.3) is 0 Å². The lowest BCUT2D eigenvalue weighted by Crippen LogP contribution is -2.03. The molecule has 2 N–H and O–H groups in total. The van der Waals surface area contributed by atoms with Crippen LogP contribution in [0.1, 0.15) is 27.4 Å². The lowest BCUT2D eigenvalue weighted by atomic mass is 9.99. The molecule has 0 aliphatic heterocycles. The molecule has 0 spiro atoms. The molecule has 6 heteroatoms. The first-order valence-electron chi connectivity index (χ1n) is 5.79. The van der Waals surface area contributed by atoms with E-state index in [2.05, 4.69) is 10.1 Å². The van der Waals surface area contributed by atoms with Crippen LogP contribution in [0.4, 0.5) is 0 Å². The van der Waals surface area contributed by atoms with Gasteiger partial charge in [-0.05, 0) is 37.1 Å². The monoisotopic (exact) mass is 261 g/mol. The van der Waals surface area contributed by atoms with Gasteiger partial charge in [0.1, 0.15) is 0 Å². The molecular weight excluding hydrogens is 246 g/mol. The molecule has 1 heterocycles. The van der Waals surface area contributed by atoms with Gasteiger partial charge in [0.15, 0.2) is 0 Å². The van der Waals surface area contributed by atoms with Gasteiger partial charge in [-0.15, -0.1) is 0 Å². The van der Waals surface area contributed by atoms with E-state index in [-0.39, 0.29) is 6.54 Å². The van der Waals surface area contributed by atoms with E-state index < -0.39 is 5.97 Å². The second-order valence-corrected chi connectivity index (χ2v) is 4.17. The molecule has 0 fully saturated rings. The minimum atomic E-state index is -0.396. The van der Waals surface area contributed by atoms with Crippen LogP contribution in [0.2, 0.25) is 0 Å². The van der Waals surface area contributed by atoms with E-state index in [0.717, 1.165) is 16.7 Å². The number of methoxy groups -OCH3 is 1. The van der Waals surface area contributed by atoms with E-state index in [1.807, 2.05) is 13.8 Å². The Balaban J connectivity index is 2.55. The number of aromatic nitrogens is 2.